The van der Waals surface area contributed by atoms with E-state index >= 15 is 0 Å². The standard InChI is InChI=1S/C20H16N6O/c27-20(15-5-4-8-19(13-15)26-14-21-24-25-26)23-18-11-9-17(10-12-18)22-16-6-2-1-3-7-16/h1-14,22H,(H,23,27). The summed E-state index contributed by atoms with van der Waals surface area (Å²) < 4.78 is 1.50. The Hall–Kier alpha value is -4.00. The maximum absolute atomic E-state index is 12.5. The quantitative estimate of drug-likeness (QED) is 0.570. The lowest BCUT2D eigenvalue weighted by Gasteiger charge is -2.09. The first-order valence-electron chi connectivity index (χ1n) is 8.35. The molecule has 0 aliphatic rings. The van der Waals surface area contributed by atoms with Crippen LogP contribution in [0.2, 0.25) is 0 Å². The van der Waals surface area contributed by atoms with Crippen LogP contribution in [0.5, 0.6) is 0 Å². The molecule has 0 radical (unpaired) electrons. The van der Waals surface area contributed by atoms with Crippen molar-refractivity contribution in [1.29, 1.82) is 0 Å². The minimum absolute atomic E-state index is 0.200. The van der Waals surface area contributed by atoms with Crippen LogP contribution in [0.4, 0.5) is 17.1 Å². The van der Waals surface area contributed by atoms with Crippen LogP contribution in [0.3, 0.4) is 0 Å². The maximum atomic E-state index is 12.5. The van der Waals surface area contributed by atoms with Gasteiger partial charge in [-0.05, 0) is 65.0 Å². The van der Waals surface area contributed by atoms with Gasteiger partial charge in [0, 0.05) is 22.6 Å². The van der Waals surface area contributed by atoms with Gasteiger partial charge in [0.05, 0.1) is 5.69 Å². The zero-order valence-electron chi connectivity index (χ0n) is 14.3. The topological polar surface area (TPSA) is 84.7 Å². The summed E-state index contributed by atoms with van der Waals surface area (Å²) in [4.78, 5) is 12.5. The Kier molecular flexibility index (Phi) is 4.57. The van der Waals surface area contributed by atoms with Gasteiger partial charge < -0.3 is 10.6 Å². The molecule has 0 atom stereocenters. The number of amides is 1. The van der Waals surface area contributed by atoms with Crippen LogP contribution >= 0.6 is 0 Å². The number of nitrogens with one attached hydrogen (secondary N) is 2. The van der Waals surface area contributed by atoms with E-state index in [1.54, 1.807) is 18.2 Å². The molecule has 0 aliphatic heterocycles. The van der Waals surface area contributed by atoms with Crippen LogP contribution in [0.15, 0.2) is 85.2 Å². The SMILES string of the molecule is O=C(Nc1ccc(Nc2ccccc2)cc1)c1cccc(-n2cnnn2)c1. The molecule has 0 unspecified atom stereocenters. The molecule has 1 aromatic heterocycles. The maximum Gasteiger partial charge on any atom is 0.255 e. The second kappa shape index (κ2) is 7.49. The molecule has 4 aromatic rings. The summed E-state index contributed by atoms with van der Waals surface area (Å²) in [5, 5.41) is 17.2. The third-order valence-corrected chi connectivity index (χ3v) is 3.93. The van der Waals surface area contributed by atoms with Gasteiger partial charge in [-0.1, -0.05) is 24.3 Å². The summed E-state index contributed by atoms with van der Waals surface area (Å²) >= 11 is 0. The van der Waals surface area contributed by atoms with Crippen molar-refractivity contribution in [2.75, 3.05) is 10.6 Å². The van der Waals surface area contributed by atoms with Gasteiger partial charge in [-0.25, -0.2) is 4.68 Å². The normalized spacial score (nSPS) is 10.4. The Labute approximate surface area is 155 Å². The van der Waals surface area contributed by atoms with Crippen LogP contribution in [-0.2, 0) is 0 Å². The van der Waals surface area contributed by atoms with E-state index in [9.17, 15) is 4.79 Å². The number of rotatable bonds is 5. The van der Waals surface area contributed by atoms with Gasteiger partial charge in [0.1, 0.15) is 6.33 Å². The van der Waals surface area contributed by atoms with Gasteiger partial charge in [-0.15, -0.1) is 5.10 Å². The summed E-state index contributed by atoms with van der Waals surface area (Å²) in [6, 6.07) is 24.5. The molecule has 7 nitrogen and oxygen atoms in total. The van der Waals surface area contributed by atoms with Crippen LogP contribution in [-0.4, -0.2) is 26.1 Å². The van der Waals surface area contributed by atoms with Crippen LogP contribution in [0, 0.1) is 0 Å². The lowest BCUT2D eigenvalue weighted by Crippen LogP contribution is -2.12. The van der Waals surface area contributed by atoms with E-state index in [1.807, 2.05) is 60.7 Å². The summed E-state index contributed by atoms with van der Waals surface area (Å²) in [5.74, 6) is -0.200. The first-order valence-corrected chi connectivity index (χ1v) is 8.35. The monoisotopic (exact) mass is 356 g/mol. The van der Waals surface area contributed by atoms with Gasteiger partial charge in [-0.2, -0.15) is 0 Å². The molecule has 0 saturated carbocycles. The zero-order valence-corrected chi connectivity index (χ0v) is 14.3. The highest BCUT2D eigenvalue weighted by Gasteiger charge is 2.08. The van der Waals surface area contributed by atoms with Crippen molar-refractivity contribution in [3.05, 3.63) is 90.8 Å². The molecule has 1 heterocycles. The highest BCUT2D eigenvalue weighted by molar-refractivity contribution is 6.04. The molecule has 3 aromatic carbocycles. The van der Waals surface area contributed by atoms with Gasteiger partial charge >= 0.3 is 0 Å². The number of tetrazole rings is 1. The molecule has 0 saturated heterocycles. The molecule has 27 heavy (non-hydrogen) atoms. The van der Waals surface area contributed by atoms with Gasteiger partial charge in [0.2, 0.25) is 0 Å². The Morgan fingerprint density at radius 1 is 0.815 bits per heavy atom. The fraction of sp³-hybridized carbons (Fsp3) is 0. The molecule has 0 bridgehead atoms. The zero-order chi connectivity index (χ0) is 18.5. The summed E-state index contributed by atoms with van der Waals surface area (Å²) in [5.41, 5.74) is 3.91. The number of nitrogens with zero attached hydrogens (tertiary/aromatic N) is 4. The first kappa shape index (κ1) is 16.5. The van der Waals surface area contributed by atoms with Crippen molar-refractivity contribution < 1.29 is 4.79 Å². The molecule has 1 amide bonds. The fourth-order valence-electron chi connectivity index (χ4n) is 2.60. The van der Waals surface area contributed by atoms with Gasteiger partial charge in [0.15, 0.2) is 0 Å². The Balaban J connectivity index is 1.44. The largest absolute Gasteiger partial charge is 0.356 e. The molecule has 132 valence electrons. The van der Waals surface area contributed by atoms with Crippen molar-refractivity contribution in [3.63, 3.8) is 0 Å². The van der Waals surface area contributed by atoms with Crippen molar-refractivity contribution in [2.24, 2.45) is 0 Å². The lowest BCUT2D eigenvalue weighted by atomic mass is 10.2. The number of hydrogen-bond donors (Lipinski definition) is 2. The van der Waals surface area contributed by atoms with E-state index in [1.165, 1.54) is 11.0 Å². The first-order chi connectivity index (χ1) is 13.3. The summed E-state index contributed by atoms with van der Waals surface area (Å²) in [7, 11) is 0. The highest BCUT2D eigenvalue weighted by Crippen LogP contribution is 2.19. The predicted molar refractivity (Wildman–Crippen MR) is 103 cm³/mol. The van der Waals surface area contributed by atoms with Gasteiger partial charge in [-0.3, -0.25) is 4.79 Å². The van der Waals surface area contributed by atoms with E-state index in [0.717, 1.165) is 17.1 Å². The second-order valence-electron chi connectivity index (χ2n) is 5.83. The van der Waals surface area contributed by atoms with Gasteiger partial charge in [0.25, 0.3) is 5.91 Å². The smallest absolute Gasteiger partial charge is 0.255 e. The molecule has 7 heteroatoms. The van der Waals surface area contributed by atoms with Crippen molar-refractivity contribution in [3.8, 4) is 5.69 Å². The summed E-state index contributed by atoms with van der Waals surface area (Å²) in [6.07, 6.45) is 1.48. The average molecular weight is 356 g/mol. The average Bonchev–Trinajstić information content (AvgIpc) is 3.25. The fourth-order valence-corrected chi connectivity index (χ4v) is 2.60. The molecular formula is C20H16N6O. The minimum atomic E-state index is -0.200. The second-order valence-corrected chi connectivity index (χ2v) is 5.83. The molecule has 0 fully saturated rings. The van der Waals surface area contributed by atoms with Crippen LogP contribution < -0.4 is 10.6 Å². The third kappa shape index (κ3) is 3.98. The van der Waals surface area contributed by atoms with Crippen molar-refractivity contribution in [2.45, 2.75) is 0 Å². The van der Waals surface area contributed by atoms with Crippen LogP contribution in [0.1, 0.15) is 10.4 Å². The highest BCUT2D eigenvalue weighted by atomic mass is 16.1. The van der Waals surface area contributed by atoms with E-state index in [2.05, 4.69) is 26.2 Å². The molecular weight excluding hydrogens is 340 g/mol. The number of aromatic nitrogens is 4. The molecule has 4 rings (SSSR count). The Morgan fingerprint density at radius 3 is 2.30 bits per heavy atom. The number of carbonyl (C=O) groups is 1. The van der Waals surface area contributed by atoms with E-state index < -0.39 is 0 Å². The summed E-state index contributed by atoms with van der Waals surface area (Å²) in [6.45, 7) is 0. The Morgan fingerprint density at radius 2 is 1.56 bits per heavy atom. The Bertz CT molecular complexity index is 1030. The van der Waals surface area contributed by atoms with Crippen molar-refractivity contribution in [1.82, 2.24) is 20.2 Å². The number of benzene rings is 3. The minimum Gasteiger partial charge on any atom is -0.356 e. The van der Waals surface area contributed by atoms with Crippen molar-refractivity contribution >= 4 is 23.0 Å². The molecule has 0 aliphatic carbocycles. The molecule has 0 spiro atoms. The molecule has 2 N–H and O–H groups in total. The number of hydrogen-bond acceptors (Lipinski definition) is 5. The third-order valence-electron chi connectivity index (χ3n) is 3.93. The van der Waals surface area contributed by atoms with E-state index in [0.29, 0.717) is 11.3 Å². The van der Waals surface area contributed by atoms with Crippen LogP contribution in [0.25, 0.3) is 5.69 Å². The lowest BCUT2D eigenvalue weighted by molar-refractivity contribution is 0.102. The number of para-hydroxylation sites is 1. The van der Waals surface area contributed by atoms with E-state index in [4.69, 9.17) is 0 Å². The predicted octanol–water partition coefficient (Wildman–Crippen LogP) is 3.66. The number of anilines is 3. The van der Waals surface area contributed by atoms with E-state index in [-0.39, 0.29) is 5.91 Å². The number of carbonyl (C=O) groups excluding carboxylic acids is 1.